The first-order valence-electron chi connectivity index (χ1n) is 11.5. The Balaban J connectivity index is 1.41. The van der Waals surface area contributed by atoms with Crippen molar-refractivity contribution < 1.29 is 14.3 Å². The number of benzene rings is 1. The van der Waals surface area contributed by atoms with Crippen molar-refractivity contribution >= 4 is 11.6 Å². The second-order valence-corrected chi connectivity index (χ2v) is 8.78. The van der Waals surface area contributed by atoms with Gasteiger partial charge in [-0.15, -0.1) is 0 Å². The monoisotopic (exact) mass is 402 g/mol. The van der Waals surface area contributed by atoms with Crippen molar-refractivity contribution in [2.45, 2.75) is 70.8 Å². The summed E-state index contributed by atoms with van der Waals surface area (Å²) in [6.07, 6.45) is 8.40. The highest BCUT2D eigenvalue weighted by Gasteiger charge is 2.42. The van der Waals surface area contributed by atoms with Crippen LogP contribution >= 0.6 is 0 Å². The number of ether oxygens (including phenoxy) is 2. The van der Waals surface area contributed by atoms with Crippen molar-refractivity contribution in [2.75, 3.05) is 38.2 Å². The first-order valence-corrected chi connectivity index (χ1v) is 11.5. The Morgan fingerprint density at radius 2 is 1.93 bits per heavy atom. The van der Waals surface area contributed by atoms with Crippen LogP contribution in [0.4, 0.5) is 5.69 Å². The number of nitrogens with one attached hydrogen (secondary N) is 1. The third kappa shape index (κ3) is 6.45. The fraction of sp³-hybridized carbons (Fsp3) is 0.708. The van der Waals surface area contributed by atoms with Gasteiger partial charge in [-0.3, -0.25) is 4.79 Å². The molecule has 0 bridgehead atoms. The van der Waals surface area contributed by atoms with E-state index in [2.05, 4.69) is 24.1 Å². The molecule has 1 saturated heterocycles. The van der Waals surface area contributed by atoms with Gasteiger partial charge in [0.15, 0.2) is 0 Å². The largest absolute Gasteiger partial charge is 0.494 e. The molecule has 2 fully saturated rings. The number of nitrogens with zero attached hydrogens (tertiary/aromatic N) is 1. The van der Waals surface area contributed by atoms with Crippen LogP contribution in [0.5, 0.6) is 5.75 Å². The molecule has 1 aromatic carbocycles. The number of amides is 1. The lowest BCUT2D eigenvalue weighted by Gasteiger charge is -2.30. The summed E-state index contributed by atoms with van der Waals surface area (Å²) in [5.74, 6) is 1.67. The van der Waals surface area contributed by atoms with Crippen LogP contribution in [0.25, 0.3) is 0 Å². The number of hydrogen-bond acceptors (Lipinski definition) is 4. The first kappa shape index (κ1) is 22.1. The Labute approximate surface area is 176 Å². The quantitative estimate of drug-likeness (QED) is 0.568. The summed E-state index contributed by atoms with van der Waals surface area (Å²) in [5, 5.41) is 3.05. The van der Waals surface area contributed by atoms with Crippen molar-refractivity contribution in [1.82, 2.24) is 4.90 Å². The molecule has 1 N–H and O–H groups in total. The minimum atomic E-state index is -0.642. The molecule has 5 nitrogen and oxygen atoms in total. The van der Waals surface area contributed by atoms with Crippen LogP contribution in [0.15, 0.2) is 24.3 Å². The summed E-state index contributed by atoms with van der Waals surface area (Å²) in [5.41, 5.74) is 0.160. The smallest absolute Gasteiger partial charge is 0.256 e. The van der Waals surface area contributed by atoms with Crippen LogP contribution in [0.2, 0.25) is 0 Å². The summed E-state index contributed by atoms with van der Waals surface area (Å²) in [6, 6.07) is 7.71. The molecular formula is C24H38N2O3. The summed E-state index contributed by atoms with van der Waals surface area (Å²) in [4.78, 5) is 15.4. The lowest BCUT2D eigenvalue weighted by molar-refractivity contribution is -0.140. The van der Waals surface area contributed by atoms with E-state index in [1.807, 2.05) is 24.3 Å². The third-order valence-corrected chi connectivity index (χ3v) is 6.15. The maximum Gasteiger partial charge on any atom is 0.256 e. The fourth-order valence-corrected chi connectivity index (χ4v) is 4.53. The minimum Gasteiger partial charge on any atom is -0.494 e. The van der Waals surface area contributed by atoms with Gasteiger partial charge in [0.25, 0.3) is 5.91 Å². The molecule has 1 heterocycles. The van der Waals surface area contributed by atoms with Gasteiger partial charge in [0.1, 0.15) is 11.4 Å². The van der Waals surface area contributed by atoms with Crippen LogP contribution in [0.3, 0.4) is 0 Å². The molecule has 1 atom stereocenters. The second-order valence-electron chi connectivity index (χ2n) is 8.78. The number of likely N-dealkylation sites (tertiary alicyclic amines) is 1. The van der Waals surface area contributed by atoms with Gasteiger partial charge in [0, 0.05) is 25.4 Å². The Hall–Kier alpha value is -1.59. The van der Waals surface area contributed by atoms with E-state index in [4.69, 9.17) is 9.47 Å². The van der Waals surface area contributed by atoms with E-state index < -0.39 is 5.60 Å². The molecule has 0 spiro atoms. The van der Waals surface area contributed by atoms with Gasteiger partial charge in [0.2, 0.25) is 0 Å². The molecule has 0 radical (unpaired) electrons. The summed E-state index contributed by atoms with van der Waals surface area (Å²) < 4.78 is 11.9. The van der Waals surface area contributed by atoms with Gasteiger partial charge in [-0.05, 0) is 88.1 Å². The number of anilines is 1. The Morgan fingerprint density at radius 3 is 2.62 bits per heavy atom. The van der Waals surface area contributed by atoms with Crippen molar-refractivity contribution in [3.63, 3.8) is 0 Å². The number of carbonyl (C=O) groups excluding carboxylic acids is 1. The van der Waals surface area contributed by atoms with Crippen LogP contribution in [0, 0.1) is 5.92 Å². The first-order chi connectivity index (χ1) is 14.1. The average Bonchev–Trinajstić information content (AvgIpc) is 3.21. The van der Waals surface area contributed by atoms with Gasteiger partial charge in [-0.25, -0.2) is 0 Å². The standard InChI is InChI=1S/C24H38N2O3/c1-3-17-29-24(13-4-5-14-24)23(27)25-21-9-11-22(12-10-21)28-18-7-16-26-15-6-8-20(2)19-26/h9-12,20H,3-8,13-19H2,1-2H3,(H,25,27). The normalized spacial score (nSPS) is 21.8. The number of rotatable bonds is 10. The zero-order valence-corrected chi connectivity index (χ0v) is 18.3. The maximum atomic E-state index is 12.8. The van der Waals surface area contributed by atoms with Crippen molar-refractivity contribution in [3.05, 3.63) is 24.3 Å². The minimum absolute atomic E-state index is 0.00659. The Morgan fingerprint density at radius 1 is 1.17 bits per heavy atom. The van der Waals surface area contributed by atoms with E-state index in [9.17, 15) is 4.79 Å². The molecule has 1 aliphatic carbocycles. The SMILES string of the molecule is CCCOC1(C(=O)Nc2ccc(OCCCN3CCCC(C)C3)cc2)CCCC1. The lowest BCUT2D eigenvalue weighted by Crippen LogP contribution is -2.43. The molecule has 2 aliphatic rings. The van der Waals surface area contributed by atoms with Crippen LogP contribution in [-0.2, 0) is 9.53 Å². The zero-order chi connectivity index (χ0) is 20.5. The summed E-state index contributed by atoms with van der Waals surface area (Å²) >= 11 is 0. The van der Waals surface area contributed by atoms with E-state index in [1.165, 1.54) is 25.9 Å². The van der Waals surface area contributed by atoms with Crippen molar-refractivity contribution in [3.8, 4) is 5.75 Å². The van der Waals surface area contributed by atoms with E-state index in [-0.39, 0.29) is 5.91 Å². The highest BCUT2D eigenvalue weighted by Crippen LogP contribution is 2.34. The molecule has 1 saturated carbocycles. The van der Waals surface area contributed by atoms with E-state index >= 15 is 0 Å². The third-order valence-electron chi connectivity index (χ3n) is 6.15. The topological polar surface area (TPSA) is 50.8 Å². The molecule has 5 heteroatoms. The molecule has 162 valence electrons. The molecule has 1 aliphatic heterocycles. The fourth-order valence-electron chi connectivity index (χ4n) is 4.53. The Bertz CT molecular complexity index is 626. The predicted octanol–water partition coefficient (Wildman–Crippen LogP) is 4.87. The number of piperidine rings is 1. The lowest BCUT2D eigenvalue weighted by atomic mass is 10.0. The van der Waals surface area contributed by atoms with Crippen molar-refractivity contribution in [2.24, 2.45) is 5.92 Å². The summed E-state index contributed by atoms with van der Waals surface area (Å²) in [6.45, 7) is 9.33. The average molecular weight is 403 g/mol. The molecule has 1 amide bonds. The van der Waals surface area contributed by atoms with E-state index in [1.54, 1.807) is 0 Å². The van der Waals surface area contributed by atoms with E-state index in [0.717, 1.165) is 69.0 Å². The van der Waals surface area contributed by atoms with Gasteiger partial charge < -0.3 is 19.7 Å². The highest BCUT2D eigenvalue weighted by atomic mass is 16.5. The van der Waals surface area contributed by atoms with Crippen LogP contribution in [0.1, 0.15) is 65.2 Å². The molecule has 1 unspecified atom stereocenters. The molecule has 3 rings (SSSR count). The molecule has 0 aromatic heterocycles. The predicted molar refractivity (Wildman–Crippen MR) is 117 cm³/mol. The number of hydrogen-bond donors (Lipinski definition) is 1. The molecular weight excluding hydrogens is 364 g/mol. The second kappa shape index (κ2) is 11.0. The van der Waals surface area contributed by atoms with Gasteiger partial charge >= 0.3 is 0 Å². The highest BCUT2D eigenvalue weighted by molar-refractivity contribution is 5.97. The maximum absolute atomic E-state index is 12.8. The van der Waals surface area contributed by atoms with Crippen molar-refractivity contribution in [1.29, 1.82) is 0 Å². The zero-order valence-electron chi connectivity index (χ0n) is 18.3. The van der Waals surface area contributed by atoms with E-state index in [0.29, 0.717) is 6.61 Å². The Kier molecular flexibility index (Phi) is 8.37. The van der Waals surface area contributed by atoms with Gasteiger partial charge in [0.05, 0.1) is 6.61 Å². The van der Waals surface area contributed by atoms with Crippen LogP contribution in [-0.4, -0.2) is 49.3 Å². The molecule has 1 aromatic rings. The van der Waals surface area contributed by atoms with Gasteiger partial charge in [-0.2, -0.15) is 0 Å². The van der Waals surface area contributed by atoms with Gasteiger partial charge in [-0.1, -0.05) is 13.8 Å². The number of carbonyl (C=O) groups is 1. The molecule has 29 heavy (non-hydrogen) atoms. The van der Waals surface area contributed by atoms with Crippen LogP contribution < -0.4 is 10.1 Å². The summed E-state index contributed by atoms with van der Waals surface area (Å²) in [7, 11) is 0.